The Balaban J connectivity index is 1.99. The number of aromatic nitrogens is 4. The van der Waals surface area contributed by atoms with Gasteiger partial charge in [0.05, 0.1) is 5.69 Å². The lowest BCUT2D eigenvalue weighted by Crippen LogP contribution is -2.25. The normalized spacial score (nSPS) is 11.7. The molecule has 0 aliphatic carbocycles. The smallest absolute Gasteiger partial charge is 0.176 e. The number of nitrogens with one attached hydrogen (secondary N) is 1. The van der Waals surface area contributed by atoms with E-state index in [2.05, 4.69) is 34.5 Å². The van der Waals surface area contributed by atoms with Crippen molar-refractivity contribution in [2.45, 2.75) is 34.1 Å². The van der Waals surface area contributed by atoms with Gasteiger partial charge in [-0.1, -0.05) is 13.8 Å². The van der Waals surface area contributed by atoms with Crippen LogP contribution in [-0.2, 0) is 4.74 Å². The number of aryl methyl sites for hydroxylation is 2. The van der Waals surface area contributed by atoms with Gasteiger partial charge in [-0.05, 0) is 43.9 Å². The maximum absolute atomic E-state index is 5.14. The summed E-state index contributed by atoms with van der Waals surface area (Å²) >= 11 is 0. The van der Waals surface area contributed by atoms with Crippen molar-refractivity contribution in [2.75, 3.05) is 25.6 Å². The van der Waals surface area contributed by atoms with Crippen LogP contribution in [0.3, 0.4) is 0 Å². The van der Waals surface area contributed by atoms with E-state index in [1.807, 2.05) is 32.0 Å². The van der Waals surface area contributed by atoms with E-state index in [0.29, 0.717) is 0 Å². The Morgan fingerprint density at radius 2 is 2.00 bits per heavy atom. The van der Waals surface area contributed by atoms with E-state index < -0.39 is 0 Å². The Morgan fingerprint density at radius 3 is 2.55 bits per heavy atom. The van der Waals surface area contributed by atoms with E-state index in [1.165, 1.54) is 0 Å². The Hall–Kier alpha value is -1.95. The number of ether oxygens (including phenoxy) is 1. The lowest BCUT2D eigenvalue weighted by molar-refractivity contribution is 0.157. The first-order valence-corrected chi connectivity index (χ1v) is 7.51. The molecule has 2 rings (SSSR count). The van der Waals surface area contributed by atoms with Gasteiger partial charge in [0.2, 0.25) is 0 Å². The van der Waals surface area contributed by atoms with Crippen LogP contribution in [-0.4, -0.2) is 40.2 Å². The van der Waals surface area contributed by atoms with Crippen LogP contribution < -0.4 is 5.32 Å². The molecule has 0 saturated carbocycles. The fraction of sp³-hybridized carbons (Fsp3) is 0.562. The van der Waals surface area contributed by atoms with Gasteiger partial charge in [-0.15, -0.1) is 10.2 Å². The predicted octanol–water partition coefficient (Wildman–Crippen LogP) is 2.75. The highest BCUT2D eigenvalue weighted by Gasteiger charge is 2.17. The molecule has 0 amide bonds. The molecule has 0 unspecified atom stereocenters. The van der Waals surface area contributed by atoms with Crippen molar-refractivity contribution >= 4 is 5.82 Å². The van der Waals surface area contributed by atoms with Crippen LogP contribution in [0, 0.1) is 19.3 Å². The minimum Gasteiger partial charge on any atom is -0.385 e. The molecule has 0 bridgehead atoms. The molecule has 0 fully saturated rings. The summed E-state index contributed by atoms with van der Waals surface area (Å²) in [6.07, 6.45) is 0.994. The van der Waals surface area contributed by atoms with Crippen LogP contribution >= 0.6 is 0 Å². The molecule has 2 aromatic rings. The molecule has 2 heterocycles. The SMILES string of the molecule is COCCC(C)(C)CNc1ccc(-n2nc(C)cc2C)nn1. The largest absolute Gasteiger partial charge is 0.385 e. The second kappa shape index (κ2) is 6.87. The van der Waals surface area contributed by atoms with Crippen LogP contribution in [0.25, 0.3) is 5.82 Å². The molecule has 0 aliphatic heterocycles. The monoisotopic (exact) mass is 303 g/mol. The Morgan fingerprint density at radius 1 is 1.23 bits per heavy atom. The molecule has 22 heavy (non-hydrogen) atoms. The number of anilines is 1. The average molecular weight is 303 g/mol. The molecule has 0 aliphatic rings. The van der Waals surface area contributed by atoms with E-state index in [1.54, 1.807) is 11.8 Å². The van der Waals surface area contributed by atoms with Crippen molar-refractivity contribution in [1.82, 2.24) is 20.0 Å². The van der Waals surface area contributed by atoms with Gasteiger partial charge in [0.25, 0.3) is 0 Å². The summed E-state index contributed by atoms with van der Waals surface area (Å²) in [4.78, 5) is 0. The molecule has 6 heteroatoms. The third kappa shape index (κ3) is 4.27. The van der Waals surface area contributed by atoms with E-state index >= 15 is 0 Å². The lowest BCUT2D eigenvalue weighted by atomic mass is 9.90. The zero-order valence-electron chi connectivity index (χ0n) is 14.1. The lowest BCUT2D eigenvalue weighted by Gasteiger charge is -2.24. The second-order valence-electron chi connectivity index (χ2n) is 6.38. The summed E-state index contributed by atoms with van der Waals surface area (Å²) in [5.74, 6) is 1.51. The van der Waals surface area contributed by atoms with E-state index in [9.17, 15) is 0 Å². The van der Waals surface area contributed by atoms with E-state index in [4.69, 9.17) is 4.74 Å². The Kier molecular flexibility index (Phi) is 5.13. The van der Waals surface area contributed by atoms with Gasteiger partial charge in [0.15, 0.2) is 5.82 Å². The van der Waals surface area contributed by atoms with Crippen molar-refractivity contribution in [1.29, 1.82) is 0 Å². The van der Waals surface area contributed by atoms with Crippen molar-refractivity contribution < 1.29 is 4.74 Å². The molecule has 0 saturated heterocycles. The van der Waals surface area contributed by atoms with E-state index in [-0.39, 0.29) is 5.41 Å². The highest BCUT2D eigenvalue weighted by Crippen LogP contribution is 2.20. The molecular formula is C16H25N5O. The van der Waals surface area contributed by atoms with Crippen LogP contribution in [0.15, 0.2) is 18.2 Å². The van der Waals surface area contributed by atoms with Crippen molar-refractivity contribution in [3.05, 3.63) is 29.6 Å². The summed E-state index contributed by atoms with van der Waals surface area (Å²) in [6, 6.07) is 5.88. The Labute approximate surface area is 131 Å². The number of hydrogen-bond donors (Lipinski definition) is 1. The van der Waals surface area contributed by atoms with Gasteiger partial charge in [-0.3, -0.25) is 0 Å². The molecule has 6 nitrogen and oxygen atoms in total. The number of methoxy groups -OCH3 is 1. The fourth-order valence-electron chi connectivity index (χ4n) is 2.19. The predicted molar refractivity (Wildman–Crippen MR) is 87.4 cm³/mol. The summed E-state index contributed by atoms with van der Waals surface area (Å²) < 4.78 is 6.94. The maximum Gasteiger partial charge on any atom is 0.176 e. The van der Waals surface area contributed by atoms with Gasteiger partial charge in [0.1, 0.15) is 5.82 Å². The van der Waals surface area contributed by atoms with Crippen molar-refractivity contribution in [3.8, 4) is 5.82 Å². The molecule has 0 atom stereocenters. The number of rotatable bonds is 7. The summed E-state index contributed by atoms with van der Waals surface area (Å²) in [6.45, 7) is 9.97. The van der Waals surface area contributed by atoms with Crippen LogP contribution in [0.5, 0.6) is 0 Å². The van der Waals surface area contributed by atoms with Crippen LogP contribution in [0.4, 0.5) is 5.82 Å². The second-order valence-corrected chi connectivity index (χ2v) is 6.38. The zero-order valence-corrected chi connectivity index (χ0v) is 14.1. The van der Waals surface area contributed by atoms with Gasteiger partial charge < -0.3 is 10.1 Å². The van der Waals surface area contributed by atoms with Gasteiger partial charge >= 0.3 is 0 Å². The first-order valence-electron chi connectivity index (χ1n) is 7.51. The summed E-state index contributed by atoms with van der Waals surface area (Å²) in [7, 11) is 1.73. The molecule has 0 aromatic carbocycles. The topological polar surface area (TPSA) is 64.9 Å². The highest BCUT2D eigenvalue weighted by molar-refractivity contribution is 5.37. The third-order valence-corrected chi connectivity index (χ3v) is 3.61. The minimum atomic E-state index is 0.145. The Bertz CT molecular complexity index is 603. The quantitative estimate of drug-likeness (QED) is 0.852. The third-order valence-electron chi connectivity index (χ3n) is 3.61. The fourth-order valence-corrected chi connectivity index (χ4v) is 2.19. The van der Waals surface area contributed by atoms with Crippen molar-refractivity contribution in [2.24, 2.45) is 5.41 Å². The average Bonchev–Trinajstić information content (AvgIpc) is 2.82. The molecule has 1 N–H and O–H groups in total. The molecular weight excluding hydrogens is 278 g/mol. The van der Waals surface area contributed by atoms with Crippen LogP contribution in [0.2, 0.25) is 0 Å². The molecule has 0 radical (unpaired) electrons. The number of hydrogen-bond acceptors (Lipinski definition) is 5. The molecule has 0 spiro atoms. The number of nitrogens with zero attached hydrogens (tertiary/aromatic N) is 4. The maximum atomic E-state index is 5.14. The standard InChI is InChI=1S/C16H25N5O/c1-12-10-13(2)21(20-12)15-7-6-14(18-19-15)17-11-16(3,4)8-9-22-5/h6-7,10H,8-9,11H2,1-5H3,(H,17,18). The van der Waals surface area contributed by atoms with Gasteiger partial charge in [-0.25, -0.2) is 4.68 Å². The zero-order chi connectivity index (χ0) is 16.2. The first-order chi connectivity index (χ1) is 10.4. The van der Waals surface area contributed by atoms with Gasteiger partial charge in [-0.2, -0.15) is 5.10 Å². The summed E-state index contributed by atoms with van der Waals surface area (Å²) in [5, 5.41) is 16.2. The summed E-state index contributed by atoms with van der Waals surface area (Å²) in [5.41, 5.74) is 2.17. The first kappa shape index (κ1) is 16.4. The van der Waals surface area contributed by atoms with Gasteiger partial charge in [0, 0.05) is 26.0 Å². The van der Waals surface area contributed by atoms with E-state index in [0.717, 1.165) is 42.6 Å². The minimum absolute atomic E-state index is 0.145. The molecule has 2 aromatic heterocycles. The van der Waals surface area contributed by atoms with Crippen molar-refractivity contribution in [3.63, 3.8) is 0 Å². The highest BCUT2D eigenvalue weighted by atomic mass is 16.5. The molecule has 120 valence electrons. The van der Waals surface area contributed by atoms with Crippen LogP contribution in [0.1, 0.15) is 31.7 Å².